The number of ether oxygens (including phenoxy) is 1. The quantitative estimate of drug-likeness (QED) is 0.182. The highest BCUT2D eigenvalue weighted by molar-refractivity contribution is 6.01. The molecular weight excluding hydrogens is 470 g/mol. The summed E-state index contributed by atoms with van der Waals surface area (Å²) in [6.07, 6.45) is 2.80. The van der Waals surface area contributed by atoms with Gasteiger partial charge in [0, 0.05) is 16.7 Å². The topological polar surface area (TPSA) is 66.2 Å². The van der Waals surface area contributed by atoms with E-state index in [-0.39, 0.29) is 10.8 Å². The van der Waals surface area contributed by atoms with Gasteiger partial charge in [0.1, 0.15) is 11.5 Å². The molecule has 5 nitrogen and oxygen atoms in total. The summed E-state index contributed by atoms with van der Waals surface area (Å²) in [7, 11) is 0. The Morgan fingerprint density at radius 1 is 0.895 bits per heavy atom. The molecule has 0 saturated heterocycles. The second-order valence-corrected chi connectivity index (χ2v) is 12.2. The zero-order valence-corrected chi connectivity index (χ0v) is 24.2. The third-order valence-electron chi connectivity index (χ3n) is 6.22. The Bertz CT molecular complexity index is 1210. The number of hydrogen-bond acceptors (Lipinski definition) is 4. The van der Waals surface area contributed by atoms with Crippen LogP contribution in [-0.2, 0) is 10.8 Å². The zero-order valence-electron chi connectivity index (χ0n) is 24.2. The van der Waals surface area contributed by atoms with Gasteiger partial charge in [0.25, 0.3) is 0 Å². The predicted molar refractivity (Wildman–Crippen MR) is 160 cm³/mol. The normalized spacial score (nSPS) is 12.8. The molecule has 0 saturated carbocycles. The number of phenolic OH excluding ortho intramolecular Hbond substituents is 1. The number of nitrogens with one attached hydrogen (secondary N) is 1. The van der Waals surface area contributed by atoms with Crippen molar-refractivity contribution in [3.05, 3.63) is 89.0 Å². The number of rotatable bonds is 8. The van der Waals surface area contributed by atoms with Crippen molar-refractivity contribution >= 4 is 17.7 Å². The largest absolute Gasteiger partial charge is 0.507 e. The second kappa shape index (κ2) is 12.3. The van der Waals surface area contributed by atoms with Gasteiger partial charge >= 0.3 is 0 Å². The number of phenols is 1. The molecule has 202 valence electrons. The van der Waals surface area contributed by atoms with Crippen LogP contribution in [0.1, 0.15) is 84.1 Å². The van der Waals surface area contributed by atoms with Gasteiger partial charge in [-0.15, -0.1) is 0 Å². The first kappa shape index (κ1) is 29.0. The third-order valence-corrected chi connectivity index (χ3v) is 6.22. The fourth-order valence-corrected chi connectivity index (χ4v) is 3.93. The van der Waals surface area contributed by atoms with Crippen molar-refractivity contribution in [3.63, 3.8) is 0 Å². The van der Waals surface area contributed by atoms with Crippen LogP contribution in [0, 0.1) is 5.92 Å². The summed E-state index contributed by atoms with van der Waals surface area (Å²) in [4.78, 5) is 4.89. The van der Waals surface area contributed by atoms with E-state index >= 15 is 0 Å². The van der Waals surface area contributed by atoms with Gasteiger partial charge in [-0.2, -0.15) is 5.10 Å². The monoisotopic (exact) mass is 513 g/mol. The molecule has 3 aromatic carbocycles. The van der Waals surface area contributed by atoms with Crippen molar-refractivity contribution in [2.75, 3.05) is 6.61 Å². The lowest BCUT2D eigenvalue weighted by atomic mass is 9.78. The lowest BCUT2D eigenvalue weighted by Gasteiger charge is -2.28. The maximum atomic E-state index is 11.2. The summed E-state index contributed by atoms with van der Waals surface area (Å²) >= 11 is 0. The first-order valence-corrected chi connectivity index (χ1v) is 13.4. The van der Waals surface area contributed by atoms with Gasteiger partial charge in [0.2, 0.25) is 0 Å². The summed E-state index contributed by atoms with van der Waals surface area (Å²) in [5.74, 6) is 2.42. The Balaban J connectivity index is 1.94. The third kappa shape index (κ3) is 8.20. The highest BCUT2D eigenvalue weighted by Gasteiger charge is 2.27. The molecule has 0 heterocycles. The lowest BCUT2D eigenvalue weighted by molar-refractivity contribution is 0.289. The smallest absolute Gasteiger partial charge is 0.154 e. The van der Waals surface area contributed by atoms with Gasteiger partial charge in [0.05, 0.1) is 18.5 Å². The van der Waals surface area contributed by atoms with Gasteiger partial charge in [-0.1, -0.05) is 73.6 Å². The predicted octanol–water partition coefficient (Wildman–Crippen LogP) is 8.11. The van der Waals surface area contributed by atoms with Gasteiger partial charge in [-0.3, -0.25) is 5.43 Å². The fourth-order valence-electron chi connectivity index (χ4n) is 3.93. The minimum atomic E-state index is -0.250. The molecular formula is C33H43N3O2. The Hall–Kier alpha value is -3.60. The summed E-state index contributed by atoms with van der Waals surface area (Å²) < 4.78 is 5.83. The first-order chi connectivity index (χ1) is 17.8. The molecule has 3 aromatic rings. The minimum absolute atomic E-state index is 0.250. The lowest BCUT2D eigenvalue weighted by Crippen LogP contribution is -2.23. The highest BCUT2D eigenvalue weighted by atomic mass is 16.5. The fraction of sp³-hybridized carbons (Fsp3) is 0.394. The Morgan fingerprint density at radius 3 is 2.00 bits per heavy atom. The van der Waals surface area contributed by atoms with Crippen molar-refractivity contribution in [3.8, 4) is 11.5 Å². The van der Waals surface area contributed by atoms with Crippen LogP contribution in [0.5, 0.6) is 11.5 Å². The van der Waals surface area contributed by atoms with Gasteiger partial charge < -0.3 is 9.84 Å². The van der Waals surface area contributed by atoms with E-state index in [2.05, 4.69) is 65.9 Å². The Kier molecular flexibility index (Phi) is 9.37. The van der Waals surface area contributed by atoms with Crippen molar-refractivity contribution in [1.29, 1.82) is 0 Å². The molecule has 5 heteroatoms. The summed E-state index contributed by atoms with van der Waals surface area (Å²) in [6.45, 7) is 17.7. The van der Waals surface area contributed by atoms with E-state index in [9.17, 15) is 5.11 Å². The molecule has 38 heavy (non-hydrogen) atoms. The molecule has 0 spiro atoms. The molecule has 0 atom stereocenters. The highest BCUT2D eigenvalue weighted by Crippen LogP contribution is 2.40. The van der Waals surface area contributed by atoms with E-state index < -0.39 is 0 Å². The minimum Gasteiger partial charge on any atom is -0.507 e. The Labute approximate surface area is 228 Å². The number of hydrogen-bond donors (Lipinski definition) is 2. The number of aromatic hydroxyl groups is 1. The van der Waals surface area contributed by atoms with Gasteiger partial charge in [-0.05, 0) is 77.3 Å². The average molecular weight is 514 g/mol. The maximum absolute atomic E-state index is 11.2. The zero-order chi connectivity index (χ0) is 27.9. The van der Waals surface area contributed by atoms with Crippen molar-refractivity contribution in [1.82, 2.24) is 5.43 Å². The first-order valence-electron chi connectivity index (χ1n) is 13.4. The number of amidine groups is 1. The molecule has 0 unspecified atom stereocenters. The van der Waals surface area contributed by atoms with Crippen LogP contribution in [0.15, 0.2) is 76.8 Å². The van der Waals surface area contributed by atoms with Crippen LogP contribution in [0.2, 0.25) is 0 Å². The maximum Gasteiger partial charge on any atom is 0.154 e. The van der Waals surface area contributed by atoms with Gasteiger partial charge in [0.15, 0.2) is 5.84 Å². The number of nitrogens with zero attached hydrogens (tertiary/aromatic N) is 2. The van der Waals surface area contributed by atoms with E-state index in [4.69, 9.17) is 9.73 Å². The van der Waals surface area contributed by atoms with Crippen LogP contribution in [0.4, 0.5) is 5.69 Å². The molecule has 2 N–H and O–H groups in total. The second-order valence-electron chi connectivity index (χ2n) is 12.2. The SMILES string of the molecule is CC(C)CCOc1ccc(C=NNC(=Nc2ccccc2)c2cc(C(C)(C)C)c(O)c(C(C)(C)C)c2)cc1. The summed E-state index contributed by atoms with van der Waals surface area (Å²) in [6, 6.07) is 21.7. The van der Waals surface area contributed by atoms with Crippen molar-refractivity contribution in [2.24, 2.45) is 16.0 Å². The molecule has 0 bridgehead atoms. The molecule has 0 aliphatic heterocycles. The van der Waals surface area contributed by atoms with Crippen LogP contribution < -0.4 is 10.2 Å². The van der Waals surface area contributed by atoms with Gasteiger partial charge in [-0.25, -0.2) is 4.99 Å². The summed E-state index contributed by atoms with van der Waals surface area (Å²) in [5.41, 5.74) is 7.06. The summed E-state index contributed by atoms with van der Waals surface area (Å²) in [5, 5.41) is 15.7. The van der Waals surface area contributed by atoms with Crippen molar-refractivity contribution in [2.45, 2.75) is 72.6 Å². The molecule has 0 aliphatic carbocycles. The van der Waals surface area contributed by atoms with Crippen LogP contribution in [0.3, 0.4) is 0 Å². The van der Waals surface area contributed by atoms with E-state index in [1.165, 1.54) is 0 Å². The van der Waals surface area contributed by atoms with E-state index in [0.717, 1.165) is 40.1 Å². The molecule has 0 aliphatic rings. The number of benzene rings is 3. The van der Waals surface area contributed by atoms with E-state index in [1.807, 2.05) is 66.7 Å². The number of hydrazone groups is 1. The number of para-hydroxylation sites is 1. The average Bonchev–Trinajstić information content (AvgIpc) is 2.83. The number of aliphatic imine (C=N–C) groups is 1. The van der Waals surface area contributed by atoms with Crippen LogP contribution in [-0.4, -0.2) is 23.8 Å². The van der Waals surface area contributed by atoms with Crippen molar-refractivity contribution < 1.29 is 9.84 Å². The van der Waals surface area contributed by atoms with Crippen LogP contribution >= 0.6 is 0 Å². The molecule has 0 radical (unpaired) electrons. The van der Waals surface area contributed by atoms with E-state index in [1.54, 1.807) is 6.21 Å². The van der Waals surface area contributed by atoms with E-state index in [0.29, 0.717) is 24.1 Å². The standard InChI is InChI=1S/C33H43N3O2/c1-23(2)18-19-38-27-16-14-24(15-17-27)22-34-36-31(35-26-12-10-9-11-13-26)25-20-28(32(3,4)5)30(37)29(21-25)33(6,7)8/h9-17,20-23,37H,18-19H2,1-8H3,(H,35,36). The Morgan fingerprint density at radius 2 is 1.47 bits per heavy atom. The molecule has 0 fully saturated rings. The molecule has 0 aromatic heterocycles. The van der Waals surface area contributed by atoms with Crippen LogP contribution in [0.25, 0.3) is 0 Å². The molecule has 0 amide bonds. The molecule has 3 rings (SSSR count).